The van der Waals surface area contributed by atoms with Gasteiger partial charge >= 0.3 is 0 Å². The number of hydrogen-bond acceptors (Lipinski definition) is 5. The third kappa shape index (κ3) is 4.12. The van der Waals surface area contributed by atoms with Crippen molar-refractivity contribution in [3.63, 3.8) is 0 Å². The molecule has 3 aromatic rings. The van der Waals surface area contributed by atoms with E-state index < -0.39 is 15.9 Å². The monoisotopic (exact) mass is 430 g/mol. The Morgan fingerprint density at radius 1 is 1.24 bits per heavy atom. The average molecular weight is 431 g/mol. The highest BCUT2D eigenvalue weighted by Gasteiger charge is 2.31. The molecule has 29 heavy (non-hydrogen) atoms. The second-order valence-electron chi connectivity index (χ2n) is 7.09. The third-order valence-corrected chi connectivity index (χ3v) is 7.96. The molecule has 7 nitrogen and oxygen atoms in total. The van der Waals surface area contributed by atoms with Crippen LogP contribution in [-0.2, 0) is 10.0 Å². The zero-order valence-corrected chi connectivity index (χ0v) is 17.6. The fourth-order valence-electron chi connectivity index (χ4n) is 3.49. The minimum Gasteiger partial charge on any atom is -0.305 e. The SMILES string of the molecule is CC1CCCCN1S(=O)(=O)c1cccc(C(=O)Nc2cc(-c3cccs3)[nH]n2)c1. The molecule has 0 aliphatic carbocycles. The largest absolute Gasteiger partial charge is 0.305 e. The molecule has 2 N–H and O–H groups in total. The summed E-state index contributed by atoms with van der Waals surface area (Å²) in [5.41, 5.74) is 1.09. The van der Waals surface area contributed by atoms with Gasteiger partial charge in [-0.3, -0.25) is 9.89 Å². The van der Waals surface area contributed by atoms with Gasteiger partial charge in [-0.25, -0.2) is 8.42 Å². The van der Waals surface area contributed by atoms with E-state index in [1.54, 1.807) is 29.5 Å². The number of aromatic amines is 1. The normalized spacial score (nSPS) is 17.9. The number of piperidine rings is 1. The molecule has 1 atom stereocenters. The lowest BCUT2D eigenvalue weighted by Crippen LogP contribution is -2.41. The molecule has 1 unspecified atom stereocenters. The summed E-state index contributed by atoms with van der Waals surface area (Å²) in [5.74, 6) is -0.0192. The maximum absolute atomic E-state index is 13.0. The predicted octanol–water partition coefficient (Wildman–Crippen LogP) is 3.95. The maximum atomic E-state index is 13.0. The first kappa shape index (κ1) is 19.8. The van der Waals surface area contributed by atoms with Crippen molar-refractivity contribution in [3.05, 3.63) is 53.4 Å². The van der Waals surface area contributed by atoms with E-state index in [0.29, 0.717) is 12.4 Å². The lowest BCUT2D eigenvalue weighted by molar-refractivity contribution is 0.102. The van der Waals surface area contributed by atoms with Crippen LogP contribution in [0.1, 0.15) is 36.5 Å². The second kappa shape index (κ2) is 8.10. The molecule has 1 saturated heterocycles. The summed E-state index contributed by atoms with van der Waals surface area (Å²) < 4.78 is 27.6. The number of nitrogens with one attached hydrogen (secondary N) is 2. The quantitative estimate of drug-likeness (QED) is 0.641. The molecule has 9 heteroatoms. The zero-order chi connectivity index (χ0) is 20.4. The number of benzene rings is 1. The van der Waals surface area contributed by atoms with Crippen LogP contribution in [0.2, 0.25) is 0 Å². The molecule has 0 saturated carbocycles. The number of carbonyl (C=O) groups excluding carboxylic acids is 1. The van der Waals surface area contributed by atoms with E-state index in [9.17, 15) is 13.2 Å². The summed E-state index contributed by atoms with van der Waals surface area (Å²) in [4.78, 5) is 13.8. The minimum atomic E-state index is -3.63. The van der Waals surface area contributed by atoms with Crippen LogP contribution in [0.15, 0.2) is 52.7 Å². The van der Waals surface area contributed by atoms with Crippen molar-refractivity contribution in [2.45, 2.75) is 37.1 Å². The first-order valence-corrected chi connectivity index (χ1v) is 11.8. The van der Waals surface area contributed by atoms with Crippen LogP contribution in [0.3, 0.4) is 0 Å². The summed E-state index contributed by atoms with van der Waals surface area (Å²) in [6.45, 7) is 2.44. The second-order valence-corrected chi connectivity index (χ2v) is 9.92. The lowest BCUT2D eigenvalue weighted by atomic mass is 10.1. The van der Waals surface area contributed by atoms with Gasteiger partial charge < -0.3 is 5.32 Å². The van der Waals surface area contributed by atoms with Crippen molar-refractivity contribution in [1.82, 2.24) is 14.5 Å². The van der Waals surface area contributed by atoms with E-state index in [-0.39, 0.29) is 16.5 Å². The summed E-state index contributed by atoms with van der Waals surface area (Å²) in [6.07, 6.45) is 2.74. The highest BCUT2D eigenvalue weighted by Crippen LogP contribution is 2.27. The molecule has 0 bridgehead atoms. The summed E-state index contributed by atoms with van der Waals surface area (Å²) in [5, 5.41) is 11.7. The van der Waals surface area contributed by atoms with E-state index >= 15 is 0 Å². The van der Waals surface area contributed by atoms with E-state index in [1.807, 2.05) is 24.4 Å². The molecule has 1 amide bonds. The van der Waals surface area contributed by atoms with Crippen molar-refractivity contribution in [2.24, 2.45) is 0 Å². The number of thiophene rings is 1. The molecule has 1 fully saturated rings. The average Bonchev–Trinajstić information content (AvgIpc) is 3.40. The van der Waals surface area contributed by atoms with Crippen LogP contribution in [0.25, 0.3) is 10.6 Å². The summed E-state index contributed by atoms with van der Waals surface area (Å²) >= 11 is 1.57. The Morgan fingerprint density at radius 2 is 2.10 bits per heavy atom. The minimum absolute atomic E-state index is 0.0361. The van der Waals surface area contributed by atoms with Gasteiger partial charge in [-0.1, -0.05) is 18.6 Å². The fraction of sp³-hybridized carbons (Fsp3) is 0.300. The number of H-pyrrole nitrogens is 1. The summed E-state index contributed by atoms with van der Waals surface area (Å²) in [7, 11) is -3.63. The lowest BCUT2D eigenvalue weighted by Gasteiger charge is -2.32. The molecule has 152 valence electrons. The van der Waals surface area contributed by atoms with Crippen molar-refractivity contribution in [3.8, 4) is 10.6 Å². The fourth-order valence-corrected chi connectivity index (χ4v) is 5.93. The number of anilines is 1. The highest BCUT2D eigenvalue weighted by molar-refractivity contribution is 7.89. The highest BCUT2D eigenvalue weighted by atomic mass is 32.2. The molecule has 0 radical (unpaired) electrons. The Morgan fingerprint density at radius 3 is 2.86 bits per heavy atom. The number of amides is 1. The molecular formula is C20H22N4O3S2. The van der Waals surface area contributed by atoms with Crippen LogP contribution < -0.4 is 5.32 Å². The van der Waals surface area contributed by atoms with Gasteiger partial charge in [-0.15, -0.1) is 11.3 Å². The third-order valence-electron chi connectivity index (χ3n) is 5.05. The number of hydrogen-bond donors (Lipinski definition) is 2. The van der Waals surface area contributed by atoms with E-state index in [0.717, 1.165) is 29.8 Å². The van der Waals surface area contributed by atoms with Crippen LogP contribution in [0.5, 0.6) is 0 Å². The number of nitrogens with zero attached hydrogens (tertiary/aromatic N) is 2. The Labute approximate surface area is 173 Å². The molecule has 0 spiro atoms. The Bertz CT molecular complexity index is 1110. The number of carbonyl (C=O) groups is 1. The standard InChI is InChI=1S/C20H22N4O3S2/c1-14-6-2-3-10-24(14)29(26,27)16-8-4-7-15(12-16)20(25)21-19-13-17(22-23-19)18-9-5-11-28-18/h4-5,7-9,11-14H,2-3,6,10H2,1H3,(H2,21,22,23,25). The van der Waals surface area contributed by atoms with Gasteiger partial charge in [0.25, 0.3) is 5.91 Å². The molecule has 1 aromatic carbocycles. The Kier molecular flexibility index (Phi) is 5.53. The van der Waals surface area contributed by atoms with Crippen molar-refractivity contribution < 1.29 is 13.2 Å². The van der Waals surface area contributed by atoms with Crippen LogP contribution >= 0.6 is 11.3 Å². The van der Waals surface area contributed by atoms with Gasteiger partial charge in [0.15, 0.2) is 5.82 Å². The van der Waals surface area contributed by atoms with Crippen LogP contribution in [0, 0.1) is 0 Å². The smallest absolute Gasteiger partial charge is 0.256 e. The van der Waals surface area contributed by atoms with Crippen molar-refractivity contribution >= 4 is 33.1 Å². The van der Waals surface area contributed by atoms with Gasteiger partial charge in [0, 0.05) is 24.2 Å². The zero-order valence-electron chi connectivity index (χ0n) is 16.0. The van der Waals surface area contributed by atoms with E-state index in [1.165, 1.54) is 16.4 Å². The van der Waals surface area contributed by atoms with Crippen molar-refractivity contribution in [1.29, 1.82) is 0 Å². The van der Waals surface area contributed by atoms with Gasteiger partial charge in [0.05, 0.1) is 15.5 Å². The van der Waals surface area contributed by atoms with Gasteiger partial charge in [-0.05, 0) is 49.4 Å². The van der Waals surface area contributed by atoms with Gasteiger partial charge in [0.1, 0.15) is 0 Å². The maximum Gasteiger partial charge on any atom is 0.256 e. The van der Waals surface area contributed by atoms with Gasteiger partial charge in [0.2, 0.25) is 10.0 Å². The first-order chi connectivity index (χ1) is 13.9. The van der Waals surface area contributed by atoms with E-state index in [2.05, 4.69) is 15.5 Å². The molecule has 3 heterocycles. The number of sulfonamides is 1. The molecule has 2 aromatic heterocycles. The molecule has 1 aliphatic rings. The summed E-state index contributed by atoms with van der Waals surface area (Å²) in [6, 6.07) is 11.8. The molecular weight excluding hydrogens is 408 g/mol. The number of aromatic nitrogens is 2. The number of rotatable bonds is 5. The van der Waals surface area contributed by atoms with Gasteiger partial charge in [-0.2, -0.15) is 9.40 Å². The molecule has 4 rings (SSSR count). The van der Waals surface area contributed by atoms with Crippen LogP contribution in [-0.4, -0.2) is 41.4 Å². The van der Waals surface area contributed by atoms with E-state index in [4.69, 9.17) is 0 Å². The first-order valence-electron chi connectivity index (χ1n) is 9.48. The molecule has 1 aliphatic heterocycles. The topological polar surface area (TPSA) is 95.2 Å². The van der Waals surface area contributed by atoms with Crippen LogP contribution in [0.4, 0.5) is 5.82 Å². The Hall–Kier alpha value is -2.49. The predicted molar refractivity (Wildman–Crippen MR) is 114 cm³/mol. The Balaban J connectivity index is 1.53. The van der Waals surface area contributed by atoms with Crippen molar-refractivity contribution in [2.75, 3.05) is 11.9 Å².